The first-order valence-electron chi connectivity index (χ1n) is 8.83. The van der Waals surface area contributed by atoms with Gasteiger partial charge in [-0.25, -0.2) is 0 Å². The van der Waals surface area contributed by atoms with E-state index >= 15 is 0 Å². The molecule has 10 heteroatoms. The summed E-state index contributed by atoms with van der Waals surface area (Å²) in [7, 11) is 1.50. The lowest BCUT2D eigenvalue weighted by molar-refractivity contribution is -0.384. The Hall–Kier alpha value is -2.85. The van der Waals surface area contributed by atoms with Gasteiger partial charge >= 0.3 is 0 Å². The number of ether oxygens (including phenoxy) is 2. The number of hydrogen-bond donors (Lipinski definition) is 0. The molecule has 0 saturated carbocycles. The van der Waals surface area contributed by atoms with Gasteiger partial charge in [0, 0.05) is 18.7 Å². The molecule has 0 radical (unpaired) electrons. The van der Waals surface area contributed by atoms with Crippen molar-refractivity contribution in [2.24, 2.45) is 0 Å². The summed E-state index contributed by atoms with van der Waals surface area (Å²) in [5.41, 5.74) is 1.43. The maximum Gasteiger partial charge on any atom is 0.293 e. The maximum absolute atomic E-state index is 12.3. The van der Waals surface area contributed by atoms with E-state index in [0.717, 1.165) is 17.3 Å². The Kier molecular flexibility index (Phi) is 6.78. The summed E-state index contributed by atoms with van der Waals surface area (Å²) in [6.07, 6.45) is 1.63. The van der Waals surface area contributed by atoms with Crippen molar-refractivity contribution in [3.8, 4) is 11.5 Å². The molecular formula is C20H17BrN2O6S. The first-order chi connectivity index (χ1) is 14.3. The number of non-ortho nitro benzene ring substituents is 1. The lowest BCUT2D eigenvalue weighted by atomic mass is 10.1. The van der Waals surface area contributed by atoms with Crippen molar-refractivity contribution in [3.63, 3.8) is 0 Å². The molecule has 0 aliphatic carbocycles. The minimum Gasteiger partial charge on any atom is -0.493 e. The third kappa shape index (κ3) is 4.65. The van der Waals surface area contributed by atoms with Crippen molar-refractivity contribution >= 4 is 50.6 Å². The fraction of sp³-hybridized carbons (Fsp3) is 0.200. The average molecular weight is 493 g/mol. The van der Waals surface area contributed by atoms with Gasteiger partial charge in [-0.1, -0.05) is 0 Å². The number of methoxy groups -OCH3 is 1. The minimum atomic E-state index is -0.460. The van der Waals surface area contributed by atoms with Gasteiger partial charge in [0.05, 0.1) is 21.4 Å². The summed E-state index contributed by atoms with van der Waals surface area (Å²) in [5, 5.41) is 10.5. The second-order valence-corrected chi connectivity index (χ2v) is 8.02. The van der Waals surface area contributed by atoms with Crippen LogP contribution in [0.3, 0.4) is 0 Å². The highest BCUT2D eigenvalue weighted by Gasteiger charge is 2.33. The van der Waals surface area contributed by atoms with Crippen molar-refractivity contribution in [2.75, 3.05) is 13.7 Å². The molecule has 156 valence electrons. The first-order valence-corrected chi connectivity index (χ1v) is 10.4. The number of nitro benzene ring substituents is 1. The molecule has 0 unspecified atom stereocenters. The van der Waals surface area contributed by atoms with E-state index in [9.17, 15) is 19.7 Å². The average Bonchev–Trinajstić information content (AvgIpc) is 2.99. The minimum absolute atomic E-state index is 0.00866. The summed E-state index contributed by atoms with van der Waals surface area (Å²) in [6, 6.07) is 9.53. The molecule has 0 spiro atoms. The van der Waals surface area contributed by atoms with Gasteiger partial charge in [0.1, 0.15) is 6.61 Å². The van der Waals surface area contributed by atoms with Gasteiger partial charge in [-0.2, -0.15) is 0 Å². The Morgan fingerprint density at radius 1 is 1.23 bits per heavy atom. The standard InChI is InChI=1S/C20H17BrN2O6S/c1-3-22-19(24)17(30-20(22)25)10-13-8-15(21)18(16(9-13)28-2)29-11-12-4-6-14(7-5-12)23(26)27/h4-10H,3,11H2,1-2H3/b17-10+. The largest absolute Gasteiger partial charge is 0.493 e. The molecule has 1 saturated heterocycles. The lowest BCUT2D eigenvalue weighted by Crippen LogP contribution is -2.27. The van der Waals surface area contributed by atoms with Crippen molar-refractivity contribution in [1.29, 1.82) is 0 Å². The van der Waals surface area contributed by atoms with Crippen LogP contribution in [-0.4, -0.2) is 34.6 Å². The number of likely N-dealkylation sites (N-methyl/N-ethyl adjacent to an activating group) is 1. The van der Waals surface area contributed by atoms with E-state index in [2.05, 4.69) is 15.9 Å². The number of amides is 2. The molecule has 1 fully saturated rings. The molecular weight excluding hydrogens is 476 g/mol. The van der Waals surface area contributed by atoms with Crippen LogP contribution in [0.5, 0.6) is 11.5 Å². The van der Waals surface area contributed by atoms with E-state index in [1.165, 1.54) is 24.1 Å². The number of thioether (sulfide) groups is 1. The molecule has 30 heavy (non-hydrogen) atoms. The molecule has 1 aliphatic heterocycles. The number of carbonyl (C=O) groups excluding carboxylic acids is 2. The zero-order valence-corrected chi connectivity index (χ0v) is 18.5. The molecule has 2 aromatic rings. The number of hydrogen-bond acceptors (Lipinski definition) is 7. The summed E-state index contributed by atoms with van der Waals surface area (Å²) >= 11 is 4.35. The number of imide groups is 1. The highest BCUT2D eigenvalue weighted by molar-refractivity contribution is 9.10. The van der Waals surface area contributed by atoms with Gasteiger partial charge in [0.2, 0.25) is 0 Å². The number of benzene rings is 2. The molecule has 0 bridgehead atoms. The van der Waals surface area contributed by atoms with Crippen molar-refractivity contribution in [3.05, 3.63) is 67.0 Å². The van der Waals surface area contributed by atoms with Crippen LogP contribution in [0.4, 0.5) is 10.5 Å². The first kappa shape index (κ1) is 21.8. The van der Waals surface area contributed by atoms with Gasteiger partial charge < -0.3 is 9.47 Å². The second kappa shape index (κ2) is 9.31. The predicted octanol–water partition coefficient (Wildman–Crippen LogP) is 5.00. The monoisotopic (exact) mass is 492 g/mol. The number of halogens is 1. The topological polar surface area (TPSA) is 99.0 Å². The van der Waals surface area contributed by atoms with E-state index in [4.69, 9.17) is 9.47 Å². The van der Waals surface area contributed by atoms with Crippen LogP contribution in [0.15, 0.2) is 45.8 Å². The Morgan fingerprint density at radius 3 is 2.50 bits per heavy atom. The van der Waals surface area contributed by atoms with Crippen molar-refractivity contribution in [2.45, 2.75) is 13.5 Å². The summed E-state index contributed by atoms with van der Waals surface area (Å²) in [5.74, 6) is 0.572. The second-order valence-electron chi connectivity index (χ2n) is 6.17. The molecule has 0 atom stereocenters. The van der Waals surface area contributed by atoms with Crippen LogP contribution in [0.2, 0.25) is 0 Å². The summed E-state index contributed by atoms with van der Waals surface area (Å²) in [6.45, 7) is 2.25. The zero-order chi connectivity index (χ0) is 21.8. The molecule has 3 rings (SSSR count). The molecule has 0 aromatic heterocycles. The molecule has 0 N–H and O–H groups in total. The number of nitrogens with zero attached hydrogens (tertiary/aromatic N) is 2. The van der Waals surface area contributed by atoms with Crippen LogP contribution in [0.25, 0.3) is 6.08 Å². The Bertz CT molecular complexity index is 1040. The van der Waals surface area contributed by atoms with E-state index < -0.39 is 4.92 Å². The normalized spacial score (nSPS) is 15.0. The number of nitro groups is 1. The van der Waals surface area contributed by atoms with Crippen molar-refractivity contribution < 1.29 is 24.0 Å². The van der Waals surface area contributed by atoms with Crippen molar-refractivity contribution in [1.82, 2.24) is 4.90 Å². The van der Waals surface area contributed by atoms with Crippen LogP contribution >= 0.6 is 27.7 Å². The van der Waals surface area contributed by atoms with Crippen LogP contribution < -0.4 is 9.47 Å². The van der Waals surface area contributed by atoms with E-state index in [1.807, 2.05) is 0 Å². The molecule has 2 aromatic carbocycles. The van der Waals surface area contributed by atoms with Gasteiger partial charge in [0.15, 0.2) is 11.5 Å². The lowest BCUT2D eigenvalue weighted by Gasteiger charge is -2.14. The van der Waals surface area contributed by atoms with Gasteiger partial charge in [0.25, 0.3) is 16.8 Å². The molecule has 8 nitrogen and oxygen atoms in total. The quantitative estimate of drug-likeness (QED) is 0.304. The van der Waals surface area contributed by atoms with Gasteiger partial charge in [-0.3, -0.25) is 24.6 Å². The smallest absolute Gasteiger partial charge is 0.293 e. The molecule has 2 amide bonds. The molecule has 1 heterocycles. The van der Waals surface area contributed by atoms with Gasteiger partial charge in [-0.15, -0.1) is 0 Å². The fourth-order valence-corrected chi connectivity index (χ4v) is 4.23. The predicted molar refractivity (Wildman–Crippen MR) is 116 cm³/mol. The molecule has 1 aliphatic rings. The Balaban J connectivity index is 1.81. The van der Waals surface area contributed by atoms with Crippen LogP contribution in [0, 0.1) is 10.1 Å². The van der Waals surface area contributed by atoms with E-state index in [1.54, 1.807) is 37.3 Å². The van der Waals surface area contributed by atoms with E-state index in [0.29, 0.717) is 33.0 Å². The fourth-order valence-electron chi connectivity index (χ4n) is 2.76. The number of rotatable bonds is 7. The van der Waals surface area contributed by atoms with Crippen LogP contribution in [0.1, 0.15) is 18.1 Å². The van der Waals surface area contributed by atoms with Gasteiger partial charge in [-0.05, 0) is 76.1 Å². The maximum atomic E-state index is 12.3. The highest BCUT2D eigenvalue weighted by Crippen LogP contribution is 2.39. The highest BCUT2D eigenvalue weighted by atomic mass is 79.9. The number of carbonyl (C=O) groups is 2. The third-order valence-corrected chi connectivity index (χ3v) is 5.77. The third-order valence-electron chi connectivity index (χ3n) is 4.27. The summed E-state index contributed by atoms with van der Waals surface area (Å²) < 4.78 is 11.9. The van der Waals surface area contributed by atoms with Crippen LogP contribution in [-0.2, 0) is 11.4 Å². The SMILES string of the molecule is CCN1C(=O)S/C(=C/c2cc(Br)c(OCc3ccc([N+](=O)[O-])cc3)c(OC)c2)C1=O. The Morgan fingerprint density at radius 2 is 1.93 bits per heavy atom. The van der Waals surface area contributed by atoms with E-state index in [-0.39, 0.29) is 23.4 Å². The Labute approximate surface area is 185 Å². The zero-order valence-electron chi connectivity index (χ0n) is 16.1. The summed E-state index contributed by atoms with van der Waals surface area (Å²) in [4.78, 5) is 36.0.